The second kappa shape index (κ2) is 8.26. The Kier molecular flexibility index (Phi) is 6.61. The van der Waals surface area contributed by atoms with Gasteiger partial charge in [-0.15, -0.1) is 11.3 Å². The zero-order valence-electron chi connectivity index (χ0n) is 13.9. The van der Waals surface area contributed by atoms with E-state index in [0.29, 0.717) is 19.5 Å². The van der Waals surface area contributed by atoms with Gasteiger partial charge in [-0.3, -0.25) is 4.79 Å². The van der Waals surface area contributed by atoms with Crippen molar-refractivity contribution in [3.8, 4) is 0 Å². The quantitative estimate of drug-likeness (QED) is 0.794. The number of aryl methyl sites for hydroxylation is 2. The van der Waals surface area contributed by atoms with Gasteiger partial charge in [0.2, 0.25) is 10.0 Å². The molecule has 2 rings (SSSR count). The number of rotatable bonds is 6. The molecule has 130 valence electrons. The molecule has 1 aromatic rings. The van der Waals surface area contributed by atoms with E-state index in [9.17, 15) is 13.2 Å². The molecule has 5 nitrogen and oxygen atoms in total. The molecule has 23 heavy (non-hydrogen) atoms. The average Bonchev–Trinajstić information content (AvgIpc) is 2.84. The Morgan fingerprint density at radius 3 is 2.65 bits per heavy atom. The monoisotopic (exact) mass is 358 g/mol. The highest BCUT2D eigenvalue weighted by atomic mass is 32.2. The molecule has 0 aliphatic heterocycles. The van der Waals surface area contributed by atoms with E-state index in [1.54, 1.807) is 18.4 Å². The van der Waals surface area contributed by atoms with Gasteiger partial charge in [0.25, 0.3) is 5.91 Å². The van der Waals surface area contributed by atoms with Crippen LogP contribution >= 0.6 is 11.3 Å². The maximum atomic E-state index is 12.2. The van der Waals surface area contributed by atoms with Gasteiger partial charge in [-0.25, -0.2) is 12.7 Å². The Bertz CT molecular complexity index is 612. The van der Waals surface area contributed by atoms with Crippen LogP contribution < -0.4 is 5.32 Å². The van der Waals surface area contributed by atoms with Gasteiger partial charge in [-0.1, -0.05) is 12.8 Å². The Morgan fingerprint density at radius 1 is 1.26 bits per heavy atom. The summed E-state index contributed by atoms with van der Waals surface area (Å²) in [4.78, 5) is 14.4. The fourth-order valence-electron chi connectivity index (χ4n) is 2.71. The van der Waals surface area contributed by atoms with Crippen LogP contribution in [-0.2, 0) is 22.9 Å². The third-order valence-corrected chi connectivity index (χ3v) is 6.77. The van der Waals surface area contributed by atoms with Crippen molar-refractivity contribution < 1.29 is 13.2 Å². The van der Waals surface area contributed by atoms with E-state index in [1.165, 1.54) is 46.7 Å². The summed E-state index contributed by atoms with van der Waals surface area (Å²) in [5.41, 5.74) is 1.34. The number of carbonyl (C=O) groups is 1. The van der Waals surface area contributed by atoms with Crippen LogP contribution in [0.2, 0.25) is 0 Å². The van der Waals surface area contributed by atoms with Crippen LogP contribution in [0.1, 0.15) is 52.2 Å². The molecule has 0 atom stereocenters. The molecule has 1 aromatic heterocycles. The second-order valence-electron chi connectivity index (χ2n) is 6.17. The minimum absolute atomic E-state index is 0.0382. The molecule has 1 N–H and O–H groups in total. The summed E-state index contributed by atoms with van der Waals surface area (Å²) in [5.74, 6) is -0.0382. The molecule has 7 heteroatoms. The molecular formula is C16H26N2O3S2. The van der Waals surface area contributed by atoms with Crippen LogP contribution in [0.5, 0.6) is 0 Å². The summed E-state index contributed by atoms with van der Waals surface area (Å²) in [5, 5.41) is 2.90. The van der Waals surface area contributed by atoms with Crippen LogP contribution in [0.4, 0.5) is 0 Å². The molecule has 0 unspecified atom stereocenters. The van der Waals surface area contributed by atoms with Crippen molar-refractivity contribution in [1.29, 1.82) is 0 Å². The SMILES string of the molecule is CN(CCCNC(=O)c1cc2c(s1)CCCCCC2)S(C)(=O)=O. The summed E-state index contributed by atoms with van der Waals surface area (Å²) < 4.78 is 23.9. The van der Waals surface area contributed by atoms with E-state index in [1.807, 2.05) is 6.07 Å². The number of thiophene rings is 1. The van der Waals surface area contributed by atoms with Crippen molar-refractivity contribution in [2.24, 2.45) is 0 Å². The molecule has 0 aromatic carbocycles. The van der Waals surface area contributed by atoms with Crippen LogP contribution in [-0.4, -0.2) is 45.0 Å². The number of fused-ring (bicyclic) bond motifs is 1. The van der Waals surface area contributed by atoms with Gasteiger partial charge in [0.15, 0.2) is 0 Å². The van der Waals surface area contributed by atoms with Gasteiger partial charge >= 0.3 is 0 Å². The zero-order valence-corrected chi connectivity index (χ0v) is 15.6. The first-order chi connectivity index (χ1) is 10.9. The van der Waals surface area contributed by atoms with Gasteiger partial charge in [0, 0.05) is 25.0 Å². The van der Waals surface area contributed by atoms with Crippen molar-refractivity contribution in [3.05, 3.63) is 21.4 Å². The minimum atomic E-state index is -3.14. The number of hydrogen-bond donors (Lipinski definition) is 1. The summed E-state index contributed by atoms with van der Waals surface area (Å²) in [6, 6.07) is 2.04. The normalized spacial score (nSPS) is 15.8. The Balaban J connectivity index is 1.83. The second-order valence-corrected chi connectivity index (χ2v) is 9.39. The van der Waals surface area contributed by atoms with Crippen LogP contribution in [0.15, 0.2) is 6.07 Å². The van der Waals surface area contributed by atoms with Gasteiger partial charge in [-0.2, -0.15) is 0 Å². The standard InChI is InChI=1S/C16H26N2O3S2/c1-18(23(2,20)21)11-7-10-17-16(19)15-12-13-8-5-3-4-6-9-14(13)22-15/h12H,3-11H2,1-2H3,(H,17,19). The van der Waals surface area contributed by atoms with Crippen molar-refractivity contribution in [2.45, 2.75) is 44.9 Å². The van der Waals surface area contributed by atoms with Gasteiger partial charge < -0.3 is 5.32 Å². The van der Waals surface area contributed by atoms with E-state index in [4.69, 9.17) is 0 Å². The fraction of sp³-hybridized carbons (Fsp3) is 0.688. The van der Waals surface area contributed by atoms with Crippen LogP contribution in [0, 0.1) is 0 Å². The molecule has 0 radical (unpaired) electrons. The summed E-state index contributed by atoms with van der Waals surface area (Å²) in [7, 11) is -1.59. The number of hydrogen-bond acceptors (Lipinski definition) is 4. The highest BCUT2D eigenvalue weighted by Gasteiger charge is 2.16. The topological polar surface area (TPSA) is 66.5 Å². The lowest BCUT2D eigenvalue weighted by molar-refractivity contribution is 0.0957. The number of carbonyl (C=O) groups excluding carboxylic acids is 1. The molecule has 0 saturated carbocycles. The lowest BCUT2D eigenvalue weighted by atomic mass is 10.00. The number of nitrogens with zero attached hydrogens (tertiary/aromatic N) is 1. The third-order valence-electron chi connectivity index (χ3n) is 4.22. The van der Waals surface area contributed by atoms with E-state index >= 15 is 0 Å². The summed E-state index contributed by atoms with van der Waals surface area (Å²) in [6.07, 6.45) is 8.96. The molecule has 1 aliphatic carbocycles. The summed E-state index contributed by atoms with van der Waals surface area (Å²) in [6.45, 7) is 0.904. The average molecular weight is 359 g/mol. The van der Waals surface area contributed by atoms with Crippen molar-refractivity contribution >= 4 is 27.3 Å². The van der Waals surface area contributed by atoms with Gasteiger partial charge in [0.1, 0.15) is 0 Å². The lowest BCUT2D eigenvalue weighted by Crippen LogP contribution is -2.30. The van der Waals surface area contributed by atoms with E-state index in [-0.39, 0.29) is 5.91 Å². The lowest BCUT2D eigenvalue weighted by Gasteiger charge is -2.13. The first kappa shape index (κ1) is 18.4. The minimum Gasteiger partial charge on any atom is -0.351 e. The molecular weight excluding hydrogens is 332 g/mol. The van der Waals surface area contributed by atoms with E-state index < -0.39 is 10.0 Å². The predicted octanol–water partition coefficient (Wildman–Crippen LogP) is 2.42. The Labute approximate surface area is 143 Å². The van der Waals surface area contributed by atoms with Crippen LogP contribution in [0.25, 0.3) is 0 Å². The molecule has 0 bridgehead atoms. The highest BCUT2D eigenvalue weighted by Crippen LogP contribution is 2.28. The van der Waals surface area contributed by atoms with Crippen molar-refractivity contribution in [2.75, 3.05) is 26.4 Å². The van der Waals surface area contributed by atoms with Crippen LogP contribution in [0.3, 0.4) is 0 Å². The first-order valence-electron chi connectivity index (χ1n) is 8.19. The number of nitrogens with one attached hydrogen (secondary N) is 1. The zero-order chi connectivity index (χ0) is 16.9. The third kappa shape index (κ3) is 5.58. The molecule has 1 aliphatic rings. The van der Waals surface area contributed by atoms with Crippen molar-refractivity contribution in [1.82, 2.24) is 9.62 Å². The Morgan fingerprint density at radius 2 is 1.96 bits per heavy atom. The molecule has 1 amide bonds. The van der Waals surface area contributed by atoms with Crippen molar-refractivity contribution in [3.63, 3.8) is 0 Å². The summed E-state index contributed by atoms with van der Waals surface area (Å²) >= 11 is 1.62. The largest absolute Gasteiger partial charge is 0.351 e. The highest BCUT2D eigenvalue weighted by molar-refractivity contribution is 7.88. The first-order valence-corrected chi connectivity index (χ1v) is 10.9. The maximum absolute atomic E-state index is 12.2. The number of amides is 1. The molecule has 0 fully saturated rings. The van der Waals surface area contributed by atoms with E-state index in [2.05, 4.69) is 5.32 Å². The fourth-order valence-corrected chi connectivity index (χ4v) is 4.34. The van der Waals surface area contributed by atoms with Gasteiger partial charge in [0.05, 0.1) is 11.1 Å². The predicted molar refractivity (Wildman–Crippen MR) is 94.6 cm³/mol. The molecule has 1 heterocycles. The van der Waals surface area contributed by atoms with Gasteiger partial charge in [-0.05, 0) is 43.7 Å². The molecule has 0 saturated heterocycles. The van der Waals surface area contributed by atoms with E-state index in [0.717, 1.165) is 17.7 Å². The molecule has 0 spiro atoms. The number of sulfonamides is 1. The smallest absolute Gasteiger partial charge is 0.261 e. The maximum Gasteiger partial charge on any atom is 0.261 e. The Hall–Kier alpha value is -0.920.